The summed E-state index contributed by atoms with van der Waals surface area (Å²) in [5.41, 5.74) is 1.76. The minimum Gasteiger partial charge on any atom is -0.457 e. The molecule has 1 atom stereocenters. The molecule has 2 aromatic heterocycles. The minimum atomic E-state index is 0.512. The molecule has 1 saturated heterocycles. The van der Waals surface area contributed by atoms with E-state index in [1.54, 1.807) is 0 Å². The van der Waals surface area contributed by atoms with Gasteiger partial charge in [-0.05, 0) is 67.8 Å². The minimum absolute atomic E-state index is 0.512. The number of ether oxygens (including phenoxy) is 2. The Bertz CT molecular complexity index is 1220. The van der Waals surface area contributed by atoms with Crippen molar-refractivity contribution in [2.75, 3.05) is 19.6 Å². The molecule has 0 radical (unpaired) electrons. The van der Waals surface area contributed by atoms with Gasteiger partial charge in [-0.15, -0.1) is 0 Å². The van der Waals surface area contributed by atoms with E-state index < -0.39 is 0 Å². The van der Waals surface area contributed by atoms with Gasteiger partial charge in [0.1, 0.15) is 35.4 Å². The number of rotatable bonds is 9. The lowest BCUT2D eigenvalue weighted by Crippen LogP contribution is -2.37. The normalized spacial score (nSPS) is 16.4. The predicted octanol–water partition coefficient (Wildman–Crippen LogP) is 5.32. The number of hydrogen-bond acceptors (Lipinski definition) is 6. The second kappa shape index (κ2) is 10.5. The maximum absolute atomic E-state index is 10.8. The quantitative estimate of drug-likeness (QED) is 0.318. The average Bonchev–Trinajstić information content (AvgIpc) is 3.28. The van der Waals surface area contributed by atoms with Gasteiger partial charge in [0, 0.05) is 32.3 Å². The first-order valence-corrected chi connectivity index (χ1v) is 11.7. The van der Waals surface area contributed by atoms with Crippen molar-refractivity contribution in [2.45, 2.75) is 25.8 Å². The molecule has 2 aromatic carbocycles. The van der Waals surface area contributed by atoms with E-state index in [-0.39, 0.29) is 0 Å². The second-order valence-electron chi connectivity index (χ2n) is 8.63. The van der Waals surface area contributed by atoms with E-state index in [4.69, 9.17) is 9.47 Å². The van der Waals surface area contributed by atoms with Gasteiger partial charge >= 0.3 is 0 Å². The molecule has 0 saturated carbocycles. The monoisotopic (exact) mass is 456 g/mol. The van der Waals surface area contributed by atoms with Gasteiger partial charge in [-0.3, -0.25) is 0 Å². The van der Waals surface area contributed by atoms with Crippen molar-refractivity contribution in [3.05, 3.63) is 73.2 Å². The first-order chi connectivity index (χ1) is 16.8. The summed E-state index contributed by atoms with van der Waals surface area (Å²) in [6.07, 6.45) is 7.53. The summed E-state index contributed by atoms with van der Waals surface area (Å²) >= 11 is 0. The third-order valence-electron chi connectivity index (χ3n) is 6.15. The maximum Gasteiger partial charge on any atom is 0.247 e. The Morgan fingerprint density at radius 2 is 1.71 bits per heavy atom. The molecular formula is C27H28N4O3. The lowest BCUT2D eigenvalue weighted by Gasteiger charge is -2.32. The molecule has 1 unspecified atom stereocenters. The number of carbonyl (C=O) groups excluding carboxylic acids is 1. The van der Waals surface area contributed by atoms with Crippen molar-refractivity contribution in [3.63, 3.8) is 0 Å². The van der Waals surface area contributed by atoms with Crippen LogP contribution < -0.4 is 9.47 Å². The molecule has 1 aliphatic heterocycles. The van der Waals surface area contributed by atoms with Crippen LogP contribution in [0.2, 0.25) is 0 Å². The molecule has 1 aliphatic rings. The van der Waals surface area contributed by atoms with Crippen LogP contribution in [0.4, 0.5) is 0 Å². The highest BCUT2D eigenvalue weighted by molar-refractivity contribution is 5.80. The van der Waals surface area contributed by atoms with Gasteiger partial charge in [-0.1, -0.05) is 18.2 Å². The zero-order valence-corrected chi connectivity index (χ0v) is 19.0. The highest BCUT2D eigenvalue weighted by atomic mass is 16.5. The highest BCUT2D eigenvalue weighted by Crippen LogP contribution is 2.31. The van der Waals surface area contributed by atoms with Crippen molar-refractivity contribution in [1.82, 2.24) is 19.4 Å². The number of benzene rings is 2. The van der Waals surface area contributed by atoms with Gasteiger partial charge < -0.3 is 23.7 Å². The van der Waals surface area contributed by atoms with Gasteiger partial charge in [0.15, 0.2) is 0 Å². The standard InChI is InChI=1S/C27H28N4O3/c32-17-5-15-30-14-4-6-21(18-30)19-31-16-13-25-26(31)27(29-20-28-25)34-24-11-9-23(10-12-24)33-22-7-2-1-3-8-22/h1-3,7-13,16-17,20-21H,4-6,14-15,18-19H2. The van der Waals surface area contributed by atoms with Crippen LogP contribution in [0.5, 0.6) is 23.1 Å². The van der Waals surface area contributed by atoms with Crippen LogP contribution in [0.1, 0.15) is 19.3 Å². The van der Waals surface area contributed by atoms with Crippen molar-refractivity contribution in [2.24, 2.45) is 5.92 Å². The largest absolute Gasteiger partial charge is 0.457 e. The Hall–Kier alpha value is -3.71. The fourth-order valence-electron chi connectivity index (χ4n) is 4.56. The molecule has 4 aromatic rings. The van der Waals surface area contributed by atoms with Gasteiger partial charge in [0.2, 0.25) is 5.88 Å². The molecule has 0 amide bonds. The van der Waals surface area contributed by atoms with Crippen LogP contribution in [0.15, 0.2) is 73.2 Å². The predicted molar refractivity (Wildman–Crippen MR) is 130 cm³/mol. The molecule has 7 nitrogen and oxygen atoms in total. The fourth-order valence-corrected chi connectivity index (χ4v) is 4.56. The molecule has 1 fully saturated rings. The molecule has 3 heterocycles. The van der Waals surface area contributed by atoms with Crippen LogP contribution in [0.25, 0.3) is 11.0 Å². The van der Waals surface area contributed by atoms with Crippen LogP contribution in [0, 0.1) is 5.92 Å². The molecule has 0 N–H and O–H groups in total. The zero-order chi connectivity index (χ0) is 23.2. The summed E-state index contributed by atoms with van der Waals surface area (Å²) < 4.78 is 14.3. The third-order valence-corrected chi connectivity index (χ3v) is 6.15. The number of fused-ring (bicyclic) bond motifs is 1. The van der Waals surface area contributed by atoms with E-state index >= 15 is 0 Å². The number of hydrogen-bond donors (Lipinski definition) is 0. The molecule has 34 heavy (non-hydrogen) atoms. The third kappa shape index (κ3) is 5.26. The number of piperidine rings is 1. The lowest BCUT2D eigenvalue weighted by molar-refractivity contribution is -0.108. The molecule has 5 rings (SSSR count). The summed E-state index contributed by atoms with van der Waals surface area (Å²) in [4.78, 5) is 22.0. The number of para-hydroxylation sites is 1. The van der Waals surface area contributed by atoms with E-state index in [1.807, 2.05) is 60.7 Å². The molecule has 0 bridgehead atoms. The van der Waals surface area contributed by atoms with Gasteiger partial charge in [0.05, 0.1) is 5.52 Å². The Balaban J connectivity index is 1.30. The highest BCUT2D eigenvalue weighted by Gasteiger charge is 2.21. The number of aromatic nitrogens is 3. The average molecular weight is 457 g/mol. The van der Waals surface area contributed by atoms with Crippen LogP contribution >= 0.6 is 0 Å². The molecular weight excluding hydrogens is 428 g/mol. The van der Waals surface area contributed by atoms with Crippen molar-refractivity contribution >= 4 is 17.3 Å². The summed E-state index contributed by atoms with van der Waals surface area (Å²) in [6.45, 7) is 3.78. The van der Waals surface area contributed by atoms with Gasteiger partial charge in [-0.25, -0.2) is 4.98 Å². The van der Waals surface area contributed by atoms with Crippen LogP contribution in [-0.2, 0) is 11.3 Å². The Morgan fingerprint density at radius 1 is 0.941 bits per heavy atom. The first-order valence-electron chi connectivity index (χ1n) is 11.7. The van der Waals surface area contributed by atoms with E-state index in [0.29, 0.717) is 24.0 Å². The van der Waals surface area contributed by atoms with E-state index in [1.165, 1.54) is 12.7 Å². The zero-order valence-electron chi connectivity index (χ0n) is 19.0. The molecule has 0 spiro atoms. The Kier molecular flexibility index (Phi) is 6.81. The van der Waals surface area contributed by atoms with E-state index in [0.717, 1.165) is 61.4 Å². The van der Waals surface area contributed by atoms with Crippen molar-refractivity contribution < 1.29 is 14.3 Å². The molecule has 0 aliphatic carbocycles. The number of carbonyl (C=O) groups is 1. The van der Waals surface area contributed by atoms with Crippen LogP contribution in [0.3, 0.4) is 0 Å². The van der Waals surface area contributed by atoms with Crippen molar-refractivity contribution in [1.29, 1.82) is 0 Å². The van der Waals surface area contributed by atoms with E-state index in [9.17, 15) is 4.79 Å². The lowest BCUT2D eigenvalue weighted by atomic mass is 9.98. The summed E-state index contributed by atoms with van der Waals surface area (Å²) in [5, 5.41) is 0. The maximum atomic E-state index is 10.8. The van der Waals surface area contributed by atoms with Crippen molar-refractivity contribution in [3.8, 4) is 23.1 Å². The Labute approximate surface area is 199 Å². The molecule has 174 valence electrons. The van der Waals surface area contributed by atoms with Crippen LogP contribution in [-0.4, -0.2) is 45.4 Å². The second-order valence-corrected chi connectivity index (χ2v) is 8.63. The SMILES string of the molecule is O=CCCN1CCCC(Cn2ccc3ncnc(Oc4ccc(Oc5ccccc5)cc4)c32)C1. The summed E-state index contributed by atoms with van der Waals surface area (Å²) in [7, 11) is 0. The Morgan fingerprint density at radius 3 is 2.50 bits per heavy atom. The van der Waals surface area contributed by atoms with Gasteiger partial charge in [-0.2, -0.15) is 4.98 Å². The fraction of sp³-hybridized carbons (Fsp3) is 0.296. The van der Waals surface area contributed by atoms with Gasteiger partial charge in [0.25, 0.3) is 0 Å². The number of likely N-dealkylation sites (tertiary alicyclic amines) is 1. The number of aldehydes is 1. The molecule has 7 heteroatoms. The summed E-state index contributed by atoms with van der Waals surface area (Å²) in [5.74, 6) is 3.27. The van der Waals surface area contributed by atoms with E-state index in [2.05, 4.69) is 25.6 Å². The smallest absolute Gasteiger partial charge is 0.247 e. The topological polar surface area (TPSA) is 69.5 Å². The first kappa shape index (κ1) is 22.1. The summed E-state index contributed by atoms with van der Waals surface area (Å²) in [6, 6.07) is 19.2. The number of nitrogens with zero attached hydrogens (tertiary/aromatic N) is 4.